The van der Waals surface area contributed by atoms with Crippen LogP contribution in [0.5, 0.6) is 0 Å². The SMILES string of the molecule is O=C(O)Cc1cscn1. The highest BCUT2D eigenvalue weighted by atomic mass is 32.1. The van der Waals surface area contributed by atoms with E-state index < -0.39 is 5.97 Å². The number of thiazole rings is 1. The van der Waals surface area contributed by atoms with Crippen LogP contribution >= 0.6 is 11.3 Å². The Kier molecular flexibility index (Phi) is 1.79. The molecule has 48 valence electrons. The number of carboxylic acids is 1. The van der Waals surface area contributed by atoms with E-state index in [4.69, 9.17) is 5.11 Å². The Morgan fingerprint density at radius 3 is 3.11 bits per heavy atom. The molecule has 0 bridgehead atoms. The number of carbonyl (C=O) groups is 1. The van der Waals surface area contributed by atoms with Gasteiger partial charge in [0.15, 0.2) is 0 Å². The Morgan fingerprint density at radius 1 is 1.89 bits per heavy atom. The van der Waals surface area contributed by atoms with Crippen molar-refractivity contribution in [2.24, 2.45) is 0 Å². The molecular formula is C5H5NO2S. The van der Waals surface area contributed by atoms with E-state index in [2.05, 4.69) is 4.98 Å². The van der Waals surface area contributed by atoms with Gasteiger partial charge in [-0.25, -0.2) is 4.98 Å². The van der Waals surface area contributed by atoms with Gasteiger partial charge in [0.2, 0.25) is 0 Å². The quantitative estimate of drug-likeness (QED) is 0.665. The van der Waals surface area contributed by atoms with E-state index in [-0.39, 0.29) is 6.42 Å². The Balaban J connectivity index is 2.58. The average Bonchev–Trinajstić information content (AvgIpc) is 2.15. The summed E-state index contributed by atoms with van der Waals surface area (Å²) in [6.07, 6.45) is 0.0312. The second-order valence-electron chi connectivity index (χ2n) is 1.55. The van der Waals surface area contributed by atoms with Crippen molar-refractivity contribution in [3.8, 4) is 0 Å². The maximum Gasteiger partial charge on any atom is 0.309 e. The minimum absolute atomic E-state index is 0.0312. The summed E-state index contributed by atoms with van der Waals surface area (Å²) < 4.78 is 0. The van der Waals surface area contributed by atoms with Gasteiger partial charge in [0, 0.05) is 5.38 Å². The second-order valence-corrected chi connectivity index (χ2v) is 2.27. The molecule has 3 nitrogen and oxygen atoms in total. The summed E-state index contributed by atoms with van der Waals surface area (Å²) in [7, 11) is 0. The molecule has 0 atom stereocenters. The van der Waals surface area contributed by atoms with Crippen molar-refractivity contribution in [1.29, 1.82) is 0 Å². The zero-order valence-corrected chi connectivity index (χ0v) is 5.39. The van der Waals surface area contributed by atoms with Crippen LogP contribution in [0.25, 0.3) is 0 Å². The van der Waals surface area contributed by atoms with Gasteiger partial charge in [-0.3, -0.25) is 4.79 Å². The summed E-state index contributed by atoms with van der Waals surface area (Å²) in [6, 6.07) is 0. The van der Waals surface area contributed by atoms with Gasteiger partial charge in [-0.2, -0.15) is 0 Å². The van der Waals surface area contributed by atoms with Gasteiger partial charge in [0.25, 0.3) is 0 Å². The maximum absolute atomic E-state index is 10.0. The molecule has 1 heterocycles. The first-order valence-corrected chi connectivity index (χ1v) is 3.32. The number of nitrogens with zero attached hydrogens (tertiary/aromatic N) is 1. The van der Waals surface area contributed by atoms with E-state index in [9.17, 15) is 4.79 Å². The molecule has 9 heavy (non-hydrogen) atoms. The van der Waals surface area contributed by atoms with E-state index in [0.29, 0.717) is 5.69 Å². The number of aliphatic carboxylic acids is 1. The minimum atomic E-state index is -0.833. The van der Waals surface area contributed by atoms with Gasteiger partial charge in [-0.05, 0) is 0 Å². The van der Waals surface area contributed by atoms with Crippen molar-refractivity contribution in [2.75, 3.05) is 0 Å². The van der Waals surface area contributed by atoms with E-state index in [1.54, 1.807) is 10.9 Å². The van der Waals surface area contributed by atoms with Crippen molar-refractivity contribution in [2.45, 2.75) is 6.42 Å². The van der Waals surface area contributed by atoms with Crippen LogP contribution in [0.15, 0.2) is 10.9 Å². The molecule has 0 saturated carbocycles. The summed E-state index contributed by atoms with van der Waals surface area (Å²) in [5.41, 5.74) is 2.26. The number of aromatic nitrogens is 1. The minimum Gasteiger partial charge on any atom is -0.481 e. The largest absolute Gasteiger partial charge is 0.481 e. The van der Waals surface area contributed by atoms with Gasteiger partial charge >= 0.3 is 5.97 Å². The monoisotopic (exact) mass is 143 g/mol. The Bertz CT molecular complexity index is 195. The third-order valence-corrected chi connectivity index (χ3v) is 1.45. The van der Waals surface area contributed by atoms with Crippen molar-refractivity contribution in [3.63, 3.8) is 0 Å². The zero-order valence-electron chi connectivity index (χ0n) is 4.57. The molecule has 0 unspecified atom stereocenters. The molecule has 1 aromatic heterocycles. The molecule has 1 N–H and O–H groups in total. The molecule has 0 amide bonds. The molecule has 1 aromatic rings. The van der Waals surface area contributed by atoms with Crippen LogP contribution in [0.1, 0.15) is 5.69 Å². The molecule has 0 aliphatic rings. The van der Waals surface area contributed by atoms with E-state index in [1.807, 2.05) is 0 Å². The molecule has 0 radical (unpaired) electrons. The van der Waals surface area contributed by atoms with Crippen LogP contribution in [0.3, 0.4) is 0 Å². The lowest BCUT2D eigenvalue weighted by Gasteiger charge is -1.84. The molecule has 0 spiro atoms. The lowest BCUT2D eigenvalue weighted by molar-refractivity contribution is -0.136. The van der Waals surface area contributed by atoms with Crippen LogP contribution in [-0.2, 0) is 11.2 Å². The van der Waals surface area contributed by atoms with Crippen molar-refractivity contribution in [3.05, 3.63) is 16.6 Å². The second kappa shape index (κ2) is 2.59. The topological polar surface area (TPSA) is 50.2 Å². The molecule has 0 fully saturated rings. The highest BCUT2D eigenvalue weighted by Crippen LogP contribution is 2.00. The molecular weight excluding hydrogens is 138 g/mol. The molecule has 1 rings (SSSR count). The van der Waals surface area contributed by atoms with Gasteiger partial charge in [0.05, 0.1) is 17.6 Å². The van der Waals surface area contributed by atoms with Crippen molar-refractivity contribution < 1.29 is 9.90 Å². The summed E-state index contributed by atoms with van der Waals surface area (Å²) in [5.74, 6) is -0.833. The first kappa shape index (κ1) is 6.22. The molecule has 0 aliphatic heterocycles. The number of hydrogen-bond acceptors (Lipinski definition) is 3. The lowest BCUT2D eigenvalue weighted by atomic mass is 10.3. The number of rotatable bonds is 2. The maximum atomic E-state index is 10.0. The molecule has 0 saturated heterocycles. The van der Waals surface area contributed by atoms with Gasteiger partial charge in [-0.1, -0.05) is 0 Å². The van der Waals surface area contributed by atoms with E-state index in [0.717, 1.165) is 0 Å². The Hall–Kier alpha value is -0.900. The van der Waals surface area contributed by atoms with Crippen LogP contribution in [0.2, 0.25) is 0 Å². The van der Waals surface area contributed by atoms with Crippen LogP contribution < -0.4 is 0 Å². The average molecular weight is 143 g/mol. The fraction of sp³-hybridized carbons (Fsp3) is 0.200. The summed E-state index contributed by atoms with van der Waals surface area (Å²) >= 11 is 1.41. The van der Waals surface area contributed by atoms with Crippen LogP contribution in [-0.4, -0.2) is 16.1 Å². The first-order valence-electron chi connectivity index (χ1n) is 2.38. The summed E-state index contributed by atoms with van der Waals surface area (Å²) in [6.45, 7) is 0. The van der Waals surface area contributed by atoms with E-state index >= 15 is 0 Å². The first-order chi connectivity index (χ1) is 4.29. The fourth-order valence-corrected chi connectivity index (χ4v) is 1.04. The zero-order chi connectivity index (χ0) is 6.69. The number of hydrogen-bond donors (Lipinski definition) is 1. The van der Waals surface area contributed by atoms with E-state index in [1.165, 1.54) is 11.3 Å². The predicted octanol–water partition coefficient (Wildman–Crippen LogP) is 0.770. The summed E-state index contributed by atoms with van der Waals surface area (Å²) in [4.78, 5) is 13.8. The highest BCUT2D eigenvalue weighted by Gasteiger charge is 1.99. The molecule has 4 heteroatoms. The molecule has 0 aliphatic carbocycles. The van der Waals surface area contributed by atoms with Crippen LogP contribution in [0, 0.1) is 0 Å². The Morgan fingerprint density at radius 2 is 2.67 bits per heavy atom. The lowest BCUT2D eigenvalue weighted by Crippen LogP contribution is -1.99. The van der Waals surface area contributed by atoms with Gasteiger partial charge < -0.3 is 5.11 Å². The predicted molar refractivity (Wildman–Crippen MR) is 33.5 cm³/mol. The standard InChI is InChI=1S/C5H5NO2S/c7-5(8)1-4-2-9-3-6-4/h2-3H,1H2,(H,7,8). The Labute approximate surface area is 56.0 Å². The molecule has 0 aromatic carbocycles. The van der Waals surface area contributed by atoms with Crippen molar-refractivity contribution in [1.82, 2.24) is 4.98 Å². The third kappa shape index (κ3) is 1.81. The fourth-order valence-electron chi connectivity index (χ4n) is 0.480. The van der Waals surface area contributed by atoms with Gasteiger partial charge in [0.1, 0.15) is 0 Å². The number of carboxylic acid groups (broad SMARTS) is 1. The summed E-state index contributed by atoms with van der Waals surface area (Å²) in [5, 5.41) is 9.98. The normalized spacial score (nSPS) is 9.33. The van der Waals surface area contributed by atoms with Gasteiger partial charge in [-0.15, -0.1) is 11.3 Å². The third-order valence-electron chi connectivity index (χ3n) is 0.816. The highest BCUT2D eigenvalue weighted by molar-refractivity contribution is 7.07. The smallest absolute Gasteiger partial charge is 0.309 e. The van der Waals surface area contributed by atoms with Crippen LogP contribution in [0.4, 0.5) is 0 Å². The van der Waals surface area contributed by atoms with Crippen molar-refractivity contribution >= 4 is 17.3 Å².